The van der Waals surface area contributed by atoms with Gasteiger partial charge in [-0.25, -0.2) is 0 Å². The summed E-state index contributed by atoms with van der Waals surface area (Å²) in [5.74, 6) is -1.23. The van der Waals surface area contributed by atoms with E-state index in [-0.39, 0.29) is 6.04 Å². The van der Waals surface area contributed by atoms with Gasteiger partial charge in [0.25, 0.3) is 0 Å². The predicted molar refractivity (Wildman–Crippen MR) is 137 cm³/mol. The fraction of sp³-hybridized carbons (Fsp3) is 0.481. The molecule has 7 heteroatoms. The van der Waals surface area contributed by atoms with Crippen molar-refractivity contribution in [1.29, 1.82) is 0 Å². The van der Waals surface area contributed by atoms with Gasteiger partial charge in [-0.3, -0.25) is 14.5 Å². The van der Waals surface area contributed by atoms with E-state index in [1.807, 2.05) is 32.0 Å². The summed E-state index contributed by atoms with van der Waals surface area (Å²) in [6.07, 6.45) is 2.23. The van der Waals surface area contributed by atoms with E-state index in [1.54, 1.807) is 0 Å². The predicted octanol–water partition coefficient (Wildman–Crippen LogP) is 2.73. The summed E-state index contributed by atoms with van der Waals surface area (Å²) in [7, 11) is 4.28. The van der Waals surface area contributed by atoms with E-state index in [0.29, 0.717) is 12.2 Å². The minimum atomic E-state index is -0.630. The zero-order valence-electron chi connectivity index (χ0n) is 20.9. The second-order valence-corrected chi connectivity index (χ2v) is 9.81. The first kappa shape index (κ1) is 24.2. The molecule has 1 unspecified atom stereocenters. The fourth-order valence-electron chi connectivity index (χ4n) is 5.11. The van der Waals surface area contributed by atoms with Crippen molar-refractivity contribution in [2.75, 3.05) is 63.6 Å². The second kappa shape index (κ2) is 10.6. The number of carbonyl (C=O) groups is 2. The van der Waals surface area contributed by atoms with Gasteiger partial charge in [0.2, 0.25) is 0 Å². The molecule has 34 heavy (non-hydrogen) atoms. The number of rotatable bonds is 5. The molecule has 2 aromatic carbocycles. The van der Waals surface area contributed by atoms with E-state index in [9.17, 15) is 9.59 Å². The monoisotopic (exact) mass is 463 g/mol. The number of anilines is 2. The number of nitrogens with one attached hydrogen (secondary N) is 2. The lowest BCUT2D eigenvalue weighted by Gasteiger charge is -2.39. The first-order valence-corrected chi connectivity index (χ1v) is 12.2. The Balaban J connectivity index is 1.47. The van der Waals surface area contributed by atoms with Crippen molar-refractivity contribution in [1.82, 2.24) is 15.1 Å². The van der Waals surface area contributed by atoms with Crippen LogP contribution in [0.3, 0.4) is 0 Å². The van der Waals surface area contributed by atoms with E-state index in [2.05, 4.69) is 57.6 Å². The standard InChI is InChI=1S/C27H37N5O2/c1-19-14-20(2)16-23(15-19)29-27(34)26(33)28-18-25(32-12-10-30(3)11-13-32)22-7-8-24-21(17-22)6-5-9-31(24)4/h7-8,14-17,25H,5-6,9-13,18H2,1-4H3,(H,28,33)(H,29,34). The highest BCUT2D eigenvalue weighted by atomic mass is 16.2. The van der Waals surface area contributed by atoms with Crippen molar-refractivity contribution in [2.45, 2.75) is 32.7 Å². The zero-order valence-corrected chi connectivity index (χ0v) is 20.9. The Morgan fingerprint density at radius 1 is 0.912 bits per heavy atom. The number of aryl methyl sites for hydroxylation is 3. The largest absolute Gasteiger partial charge is 0.374 e. The number of nitrogens with zero attached hydrogens (tertiary/aromatic N) is 3. The van der Waals surface area contributed by atoms with Crippen LogP contribution in [0.4, 0.5) is 11.4 Å². The molecule has 0 aliphatic carbocycles. The Morgan fingerprint density at radius 3 is 2.32 bits per heavy atom. The Bertz CT molecular complexity index is 1030. The number of piperazine rings is 1. The molecule has 0 aromatic heterocycles. The van der Waals surface area contributed by atoms with Crippen LogP contribution in [-0.4, -0.2) is 75.0 Å². The van der Waals surface area contributed by atoms with Gasteiger partial charge in [0.05, 0.1) is 6.04 Å². The summed E-state index contributed by atoms with van der Waals surface area (Å²) in [4.78, 5) is 32.4. The maximum Gasteiger partial charge on any atom is 0.313 e. The molecule has 7 nitrogen and oxygen atoms in total. The van der Waals surface area contributed by atoms with Gasteiger partial charge < -0.3 is 20.4 Å². The summed E-state index contributed by atoms with van der Waals surface area (Å²) in [6.45, 7) is 9.28. The van der Waals surface area contributed by atoms with Gasteiger partial charge in [-0.05, 0) is 74.2 Å². The lowest BCUT2D eigenvalue weighted by atomic mass is 9.95. The Hall–Kier alpha value is -2.90. The van der Waals surface area contributed by atoms with Crippen LogP contribution < -0.4 is 15.5 Å². The lowest BCUT2D eigenvalue weighted by Crippen LogP contribution is -2.49. The normalized spacial score (nSPS) is 17.7. The first-order chi connectivity index (χ1) is 16.3. The number of benzene rings is 2. The lowest BCUT2D eigenvalue weighted by molar-refractivity contribution is -0.136. The second-order valence-electron chi connectivity index (χ2n) is 9.81. The summed E-state index contributed by atoms with van der Waals surface area (Å²) in [5.41, 5.74) is 6.60. The van der Waals surface area contributed by atoms with Crippen LogP contribution in [0.1, 0.15) is 34.7 Å². The summed E-state index contributed by atoms with van der Waals surface area (Å²) >= 11 is 0. The molecule has 2 aromatic rings. The van der Waals surface area contributed by atoms with Crippen LogP contribution in [0.25, 0.3) is 0 Å². The SMILES string of the molecule is Cc1cc(C)cc(NC(=O)C(=O)NCC(c2ccc3c(c2)CCCN3C)N2CCN(C)CC2)c1. The van der Waals surface area contributed by atoms with Crippen LogP contribution in [0, 0.1) is 13.8 Å². The van der Waals surface area contributed by atoms with Gasteiger partial charge in [0, 0.05) is 57.7 Å². The molecule has 2 N–H and O–H groups in total. The molecule has 4 rings (SSSR count). The Kier molecular flexibility index (Phi) is 7.54. The molecule has 2 amide bonds. The Morgan fingerprint density at radius 2 is 1.62 bits per heavy atom. The maximum absolute atomic E-state index is 12.7. The van der Waals surface area contributed by atoms with Crippen LogP contribution >= 0.6 is 0 Å². The quantitative estimate of drug-likeness (QED) is 0.668. The van der Waals surface area contributed by atoms with Crippen LogP contribution in [-0.2, 0) is 16.0 Å². The highest BCUT2D eigenvalue weighted by Crippen LogP contribution is 2.31. The van der Waals surface area contributed by atoms with Crippen molar-refractivity contribution in [2.24, 2.45) is 0 Å². The average molecular weight is 464 g/mol. The van der Waals surface area contributed by atoms with Crippen LogP contribution in [0.5, 0.6) is 0 Å². The number of likely N-dealkylation sites (N-methyl/N-ethyl adjacent to an activating group) is 1. The van der Waals surface area contributed by atoms with E-state index >= 15 is 0 Å². The van der Waals surface area contributed by atoms with Crippen LogP contribution in [0.15, 0.2) is 36.4 Å². The summed E-state index contributed by atoms with van der Waals surface area (Å²) in [5, 5.41) is 5.65. The number of amides is 2. The van der Waals surface area contributed by atoms with Crippen molar-refractivity contribution >= 4 is 23.2 Å². The summed E-state index contributed by atoms with van der Waals surface area (Å²) in [6, 6.07) is 12.5. The van der Waals surface area contributed by atoms with Gasteiger partial charge in [-0.1, -0.05) is 18.2 Å². The van der Waals surface area contributed by atoms with E-state index in [0.717, 1.165) is 56.7 Å². The third-order valence-electron chi connectivity index (χ3n) is 6.96. The van der Waals surface area contributed by atoms with Crippen molar-refractivity contribution in [3.05, 3.63) is 58.7 Å². The molecule has 182 valence electrons. The molecule has 0 radical (unpaired) electrons. The number of fused-ring (bicyclic) bond motifs is 1. The highest BCUT2D eigenvalue weighted by Gasteiger charge is 2.27. The van der Waals surface area contributed by atoms with E-state index in [1.165, 1.54) is 16.8 Å². The molecule has 0 spiro atoms. The van der Waals surface area contributed by atoms with Crippen molar-refractivity contribution in [3.8, 4) is 0 Å². The van der Waals surface area contributed by atoms with Gasteiger partial charge in [0.1, 0.15) is 0 Å². The zero-order chi connectivity index (χ0) is 24.2. The van der Waals surface area contributed by atoms with E-state index < -0.39 is 11.8 Å². The van der Waals surface area contributed by atoms with Gasteiger partial charge in [-0.2, -0.15) is 0 Å². The van der Waals surface area contributed by atoms with Gasteiger partial charge in [-0.15, -0.1) is 0 Å². The molecule has 2 aliphatic heterocycles. The molecule has 2 heterocycles. The average Bonchev–Trinajstić information content (AvgIpc) is 2.79. The molecular formula is C27H37N5O2. The molecule has 1 saturated heterocycles. The molecule has 0 bridgehead atoms. The molecule has 1 atom stereocenters. The fourth-order valence-corrected chi connectivity index (χ4v) is 5.11. The minimum Gasteiger partial charge on any atom is -0.374 e. The number of hydrogen-bond donors (Lipinski definition) is 2. The molecule has 0 saturated carbocycles. The topological polar surface area (TPSA) is 67.9 Å². The number of carbonyl (C=O) groups excluding carboxylic acids is 2. The third kappa shape index (κ3) is 5.77. The maximum atomic E-state index is 12.7. The molecule has 2 aliphatic rings. The van der Waals surface area contributed by atoms with Crippen molar-refractivity contribution in [3.63, 3.8) is 0 Å². The minimum absolute atomic E-state index is 0.0317. The molecule has 1 fully saturated rings. The van der Waals surface area contributed by atoms with E-state index in [4.69, 9.17) is 0 Å². The first-order valence-electron chi connectivity index (χ1n) is 12.2. The highest BCUT2D eigenvalue weighted by molar-refractivity contribution is 6.39. The Labute approximate surface area is 203 Å². The smallest absolute Gasteiger partial charge is 0.313 e. The number of hydrogen-bond acceptors (Lipinski definition) is 5. The van der Waals surface area contributed by atoms with Gasteiger partial charge >= 0.3 is 11.8 Å². The van der Waals surface area contributed by atoms with Crippen molar-refractivity contribution < 1.29 is 9.59 Å². The summed E-state index contributed by atoms with van der Waals surface area (Å²) < 4.78 is 0. The third-order valence-corrected chi connectivity index (χ3v) is 6.96. The van der Waals surface area contributed by atoms with Gasteiger partial charge in [0.15, 0.2) is 0 Å². The molecular weight excluding hydrogens is 426 g/mol. The van der Waals surface area contributed by atoms with Crippen LogP contribution in [0.2, 0.25) is 0 Å².